The quantitative estimate of drug-likeness (QED) is 0.126. The summed E-state index contributed by atoms with van der Waals surface area (Å²) in [6, 6.07) is 19.8. The zero-order valence-corrected chi connectivity index (χ0v) is 17.0. The molecule has 3 aromatic rings. The second-order valence-corrected chi connectivity index (χ2v) is 6.67. The number of allylic oxidation sites excluding steroid dienone is 1. The summed E-state index contributed by atoms with van der Waals surface area (Å²) in [5, 5.41) is 20.4. The third-order valence-electron chi connectivity index (χ3n) is 4.29. The predicted molar refractivity (Wildman–Crippen MR) is 116 cm³/mol. The highest BCUT2D eigenvalue weighted by molar-refractivity contribution is 6.32. The summed E-state index contributed by atoms with van der Waals surface area (Å²) in [6.45, 7) is 0. The fourth-order valence-electron chi connectivity index (χ4n) is 2.76. The van der Waals surface area contributed by atoms with Crippen LogP contribution in [-0.4, -0.2) is 18.0 Å². The Balaban J connectivity index is 1.88. The van der Waals surface area contributed by atoms with Crippen LogP contribution in [0.4, 0.5) is 5.69 Å². The van der Waals surface area contributed by atoms with E-state index in [0.717, 1.165) is 11.6 Å². The van der Waals surface area contributed by atoms with Gasteiger partial charge in [0.2, 0.25) is 0 Å². The Morgan fingerprint density at radius 2 is 1.81 bits per heavy atom. The van der Waals surface area contributed by atoms with Gasteiger partial charge in [-0.1, -0.05) is 48.0 Å². The molecule has 7 nitrogen and oxygen atoms in total. The summed E-state index contributed by atoms with van der Waals surface area (Å²) in [5.41, 5.74) is 1.47. The van der Waals surface area contributed by atoms with Gasteiger partial charge in [0.25, 0.3) is 5.69 Å². The van der Waals surface area contributed by atoms with Gasteiger partial charge in [-0.2, -0.15) is 5.26 Å². The van der Waals surface area contributed by atoms with Crippen molar-refractivity contribution in [2.75, 3.05) is 7.11 Å². The van der Waals surface area contributed by atoms with Gasteiger partial charge in [-0.3, -0.25) is 10.1 Å². The van der Waals surface area contributed by atoms with Crippen molar-refractivity contribution < 1.29 is 19.2 Å². The first-order chi connectivity index (χ1) is 14.9. The van der Waals surface area contributed by atoms with Crippen LogP contribution in [0.2, 0.25) is 5.02 Å². The molecule has 0 saturated carbocycles. The second-order valence-electron chi connectivity index (χ2n) is 6.26. The fraction of sp³-hybridized carbons (Fsp3) is 0.0435. The predicted octanol–water partition coefficient (Wildman–Crippen LogP) is 5.54. The van der Waals surface area contributed by atoms with Gasteiger partial charge in [-0.15, -0.1) is 0 Å². The molecular formula is C23H15ClN2O5. The Morgan fingerprint density at radius 1 is 1.06 bits per heavy atom. The highest BCUT2D eigenvalue weighted by Gasteiger charge is 2.19. The number of esters is 1. The molecular weight excluding hydrogens is 420 g/mol. The molecule has 0 heterocycles. The Morgan fingerprint density at radius 3 is 2.45 bits per heavy atom. The van der Waals surface area contributed by atoms with Crippen LogP contribution < -0.4 is 9.47 Å². The van der Waals surface area contributed by atoms with E-state index in [2.05, 4.69) is 6.07 Å². The van der Waals surface area contributed by atoms with E-state index < -0.39 is 16.6 Å². The maximum Gasteiger partial charge on any atom is 0.343 e. The summed E-state index contributed by atoms with van der Waals surface area (Å²) >= 11 is 5.78. The summed E-state index contributed by atoms with van der Waals surface area (Å²) in [6.07, 6.45) is 1.69. The number of carbonyl (C=O) groups excluding carboxylic acids is 1. The lowest BCUT2D eigenvalue weighted by Crippen LogP contribution is -2.10. The molecule has 0 saturated heterocycles. The Bertz CT molecular complexity index is 1220. The van der Waals surface area contributed by atoms with Crippen LogP contribution in [-0.2, 0) is 0 Å². The third-order valence-corrected chi connectivity index (χ3v) is 4.60. The number of methoxy groups -OCH3 is 1. The summed E-state index contributed by atoms with van der Waals surface area (Å²) in [7, 11) is 1.41. The van der Waals surface area contributed by atoms with Crippen LogP contribution in [0.1, 0.15) is 21.5 Å². The first-order valence-electron chi connectivity index (χ1n) is 8.94. The van der Waals surface area contributed by atoms with Crippen LogP contribution in [0, 0.1) is 21.4 Å². The van der Waals surface area contributed by atoms with Crippen LogP contribution in [0.15, 0.2) is 66.7 Å². The SMILES string of the molecule is COc1cc(C=C(C#N)c2ccccc2)ccc1OC(=O)c1ccc(Cl)c([N+](=O)[O-])c1. The molecule has 0 aliphatic heterocycles. The van der Waals surface area contributed by atoms with Gasteiger partial charge in [0, 0.05) is 6.07 Å². The zero-order valence-electron chi connectivity index (χ0n) is 16.2. The van der Waals surface area contributed by atoms with Crippen molar-refractivity contribution in [3.05, 3.63) is 98.6 Å². The number of nitro groups is 1. The summed E-state index contributed by atoms with van der Waals surface area (Å²) in [4.78, 5) is 22.8. The van der Waals surface area contributed by atoms with Crippen molar-refractivity contribution in [3.63, 3.8) is 0 Å². The molecule has 0 atom stereocenters. The Kier molecular flexibility index (Phi) is 6.65. The van der Waals surface area contributed by atoms with Crippen LogP contribution in [0.5, 0.6) is 11.5 Å². The van der Waals surface area contributed by atoms with Gasteiger partial charge < -0.3 is 9.47 Å². The lowest BCUT2D eigenvalue weighted by Gasteiger charge is -2.10. The van der Waals surface area contributed by atoms with Crippen LogP contribution in [0.3, 0.4) is 0 Å². The molecule has 0 N–H and O–H groups in total. The van der Waals surface area contributed by atoms with E-state index in [4.69, 9.17) is 21.1 Å². The minimum atomic E-state index is -0.802. The number of nitrogens with zero attached hydrogens (tertiary/aromatic N) is 2. The standard InChI is InChI=1S/C23H15ClN2O5/c1-30-22-12-15(11-18(14-25)16-5-3-2-4-6-16)7-10-21(22)31-23(27)17-8-9-19(24)20(13-17)26(28)29/h2-13H,1H3. The van der Waals surface area contributed by atoms with E-state index >= 15 is 0 Å². The first-order valence-corrected chi connectivity index (χ1v) is 9.32. The van der Waals surface area contributed by atoms with Crippen molar-refractivity contribution in [3.8, 4) is 17.6 Å². The smallest absolute Gasteiger partial charge is 0.343 e. The lowest BCUT2D eigenvalue weighted by molar-refractivity contribution is -0.384. The lowest BCUT2D eigenvalue weighted by atomic mass is 10.0. The van der Waals surface area contributed by atoms with E-state index in [0.29, 0.717) is 11.1 Å². The maximum absolute atomic E-state index is 12.5. The normalized spacial score (nSPS) is 10.8. The number of hydrogen-bond acceptors (Lipinski definition) is 6. The fourth-order valence-corrected chi connectivity index (χ4v) is 2.95. The summed E-state index contributed by atoms with van der Waals surface area (Å²) < 4.78 is 10.7. The molecule has 0 amide bonds. The van der Waals surface area contributed by atoms with Gasteiger partial charge in [-0.25, -0.2) is 4.79 Å². The van der Waals surface area contributed by atoms with E-state index in [9.17, 15) is 20.2 Å². The number of ether oxygens (including phenoxy) is 2. The number of benzene rings is 3. The van der Waals surface area contributed by atoms with Crippen molar-refractivity contribution >= 4 is 34.9 Å². The largest absolute Gasteiger partial charge is 0.493 e. The molecule has 0 spiro atoms. The van der Waals surface area contributed by atoms with Gasteiger partial charge >= 0.3 is 5.97 Å². The monoisotopic (exact) mass is 434 g/mol. The molecule has 0 bridgehead atoms. The number of hydrogen-bond donors (Lipinski definition) is 0. The Labute approximate surface area is 182 Å². The molecule has 31 heavy (non-hydrogen) atoms. The van der Waals surface area contributed by atoms with Gasteiger partial charge in [0.1, 0.15) is 5.02 Å². The van der Waals surface area contributed by atoms with Crippen molar-refractivity contribution in [2.24, 2.45) is 0 Å². The Hall–Kier alpha value is -4.15. The minimum absolute atomic E-state index is 0.0297. The van der Waals surface area contributed by atoms with Crippen LogP contribution >= 0.6 is 11.6 Å². The van der Waals surface area contributed by atoms with Gasteiger partial charge in [0.05, 0.1) is 29.2 Å². The number of carbonyl (C=O) groups is 1. The molecule has 0 aliphatic rings. The number of nitriles is 1. The first kappa shape index (κ1) is 21.6. The molecule has 0 aliphatic carbocycles. The van der Waals surface area contributed by atoms with Gasteiger partial charge in [-0.05, 0) is 41.5 Å². The van der Waals surface area contributed by atoms with E-state index in [-0.39, 0.29) is 22.1 Å². The van der Waals surface area contributed by atoms with Crippen molar-refractivity contribution in [1.29, 1.82) is 5.26 Å². The number of rotatable bonds is 6. The topological polar surface area (TPSA) is 102 Å². The maximum atomic E-state index is 12.5. The second kappa shape index (κ2) is 9.57. The average molecular weight is 435 g/mol. The molecule has 3 aromatic carbocycles. The average Bonchev–Trinajstić information content (AvgIpc) is 2.78. The molecule has 0 radical (unpaired) electrons. The summed E-state index contributed by atoms with van der Waals surface area (Å²) in [5.74, 6) is -0.417. The molecule has 154 valence electrons. The zero-order chi connectivity index (χ0) is 22.4. The molecule has 0 aromatic heterocycles. The molecule has 8 heteroatoms. The number of nitro benzene ring substituents is 1. The van der Waals surface area contributed by atoms with E-state index in [1.54, 1.807) is 18.2 Å². The van der Waals surface area contributed by atoms with Gasteiger partial charge in [0.15, 0.2) is 11.5 Å². The van der Waals surface area contributed by atoms with E-state index in [1.807, 2.05) is 30.3 Å². The van der Waals surface area contributed by atoms with Crippen LogP contribution in [0.25, 0.3) is 11.6 Å². The van der Waals surface area contributed by atoms with E-state index in [1.165, 1.54) is 25.3 Å². The third kappa shape index (κ3) is 5.07. The number of halogens is 1. The molecule has 0 unspecified atom stereocenters. The van der Waals surface area contributed by atoms with Crippen molar-refractivity contribution in [1.82, 2.24) is 0 Å². The molecule has 3 rings (SSSR count). The molecule has 0 fully saturated rings. The minimum Gasteiger partial charge on any atom is -0.493 e. The van der Waals surface area contributed by atoms with Crippen molar-refractivity contribution in [2.45, 2.75) is 0 Å². The highest BCUT2D eigenvalue weighted by atomic mass is 35.5. The highest BCUT2D eigenvalue weighted by Crippen LogP contribution is 2.31.